The maximum atomic E-state index is 13.0. The molecule has 1 amide bonds. The Hall–Kier alpha value is -3.91. The molecule has 1 saturated carbocycles. The van der Waals surface area contributed by atoms with E-state index in [-0.39, 0.29) is 17.7 Å². The number of morpholine rings is 1. The molecule has 4 aromatic rings. The molecule has 6 rings (SSSR count). The molecule has 2 N–H and O–H groups in total. The number of carbonyl (C=O) groups excluding carboxylic acids is 1. The Kier molecular flexibility index (Phi) is 6.96. The van der Waals surface area contributed by atoms with Crippen LogP contribution in [0.25, 0.3) is 16.8 Å². The number of ether oxygens (including phenoxy) is 2. The number of anilines is 1. The van der Waals surface area contributed by atoms with Crippen LogP contribution in [-0.4, -0.2) is 51.5 Å². The molecule has 196 valence electrons. The van der Waals surface area contributed by atoms with Gasteiger partial charge in [-0.25, -0.2) is 9.97 Å². The van der Waals surface area contributed by atoms with Gasteiger partial charge >= 0.3 is 0 Å². The molecule has 2 aromatic carbocycles. The van der Waals surface area contributed by atoms with E-state index in [1.807, 2.05) is 71.9 Å². The summed E-state index contributed by atoms with van der Waals surface area (Å²) in [5.74, 6) is 2.88. The number of fused-ring (bicyclic) bond motifs is 1. The highest BCUT2D eigenvalue weighted by molar-refractivity contribution is 5.79. The van der Waals surface area contributed by atoms with Crippen LogP contribution in [0.5, 0.6) is 5.75 Å². The summed E-state index contributed by atoms with van der Waals surface area (Å²) in [5, 5.41) is 0. The van der Waals surface area contributed by atoms with Gasteiger partial charge in [-0.05, 0) is 43.4 Å². The van der Waals surface area contributed by atoms with Crippen molar-refractivity contribution in [1.82, 2.24) is 19.3 Å². The number of hydrogen-bond acceptors (Lipinski definition) is 6. The number of aromatic nitrogens is 3. The lowest BCUT2D eigenvalue weighted by Crippen LogP contribution is -2.44. The minimum absolute atomic E-state index is 0.0940. The van der Waals surface area contributed by atoms with E-state index in [0.717, 1.165) is 59.6 Å². The highest BCUT2D eigenvalue weighted by atomic mass is 16.5. The van der Waals surface area contributed by atoms with Crippen molar-refractivity contribution in [2.24, 2.45) is 5.92 Å². The smallest absolute Gasteiger partial charge is 0.225 e. The zero-order valence-electron chi connectivity index (χ0n) is 21.5. The molecule has 38 heavy (non-hydrogen) atoms. The lowest BCUT2D eigenvalue weighted by molar-refractivity contribution is -0.140. The first kappa shape index (κ1) is 24.4. The van der Waals surface area contributed by atoms with E-state index >= 15 is 0 Å². The minimum Gasteiger partial charge on any atom is -0.489 e. The summed E-state index contributed by atoms with van der Waals surface area (Å²) in [7, 11) is 0. The Morgan fingerprint density at radius 2 is 1.82 bits per heavy atom. The summed E-state index contributed by atoms with van der Waals surface area (Å²) in [4.78, 5) is 24.4. The maximum absolute atomic E-state index is 13.0. The minimum atomic E-state index is 0.0940. The summed E-state index contributed by atoms with van der Waals surface area (Å²) in [6, 6.07) is 18.0. The number of hydrogen-bond donors (Lipinski definition) is 1. The van der Waals surface area contributed by atoms with E-state index in [1.165, 1.54) is 0 Å². The van der Waals surface area contributed by atoms with Crippen LogP contribution in [0.2, 0.25) is 0 Å². The molecule has 2 fully saturated rings. The first-order valence-electron chi connectivity index (χ1n) is 13.4. The summed E-state index contributed by atoms with van der Waals surface area (Å²) >= 11 is 0. The average Bonchev–Trinajstić information content (AvgIpc) is 3.42. The van der Waals surface area contributed by atoms with Crippen LogP contribution in [0.15, 0.2) is 67.0 Å². The van der Waals surface area contributed by atoms with Gasteiger partial charge < -0.3 is 20.1 Å². The van der Waals surface area contributed by atoms with Gasteiger partial charge in [0.05, 0.1) is 25.1 Å². The van der Waals surface area contributed by atoms with E-state index < -0.39 is 0 Å². The molecule has 0 unspecified atom stereocenters. The Morgan fingerprint density at radius 1 is 1.03 bits per heavy atom. The number of rotatable bonds is 6. The third-order valence-corrected chi connectivity index (χ3v) is 7.72. The Balaban J connectivity index is 1.19. The van der Waals surface area contributed by atoms with Gasteiger partial charge in [-0.2, -0.15) is 0 Å². The number of benzene rings is 2. The van der Waals surface area contributed by atoms with Crippen LogP contribution in [0.1, 0.15) is 43.0 Å². The molecular weight excluding hydrogens is 478 g/mol. The van der Waals surface area contributed by atoms with E-state index in [1.54, 1.807) is 0 Å². The standard InChI is InChI=1S/C30H33N5O3/c31-28-27-18-32-29(22-9-11-23(12-10-22)30(36)34-13-15-37-16-14-34)35(27)19-26(33-28)24-7-4-8-25(17-24)38-20-21-5-2-1-3-6-21/h1-8,17-19,22-23H,9-16,20H2,(H2,31,33). The average molecular weight is 512 g/mol. The quantitative estimate of drug-likeness (QED) is 0.404. The molecule has 2 aliphatic rings. The van der Waals surface area contributed by atoms with Crippen molar-refractivity contribution in [2.75, 3.05) is 32.0 Å². The lowest BCUT2D eigenvalue weighted by atomic mass is 9.81. The van der Waals surface area contributed by atoms with Crippen molar-refractivity contribution in [1.29, 1.82) is 0 Å². The van der Waals surface area contributed by atoms with Crippen LogP contribution in [-0.2, 0) is 16.1 Å². The van der Waals surface area contributed by atoms with Gasteiger partial charge in [0, 0.05) is 36.7 Å². The molecule has 1 aliphatic heterocycles. The van der Waals surface area contributed by atoms with Gasteiger partial charge in [-0.1, -0.05) is 42.5 Å². The Morgan fingerprint density at radius 3 is 2.61 bits per heavy atom. The zero-order chi connectivity index (χ0) is 25.9. The molecule has 1 aliphatic carbocycles. The normalized spacial score (nSPS) is 19.9. The highest BCUT2D eigenvalue weighted by Crippen LogP contribution is 2.37. The molecule has 2 aromatic heterocycles. The second kappa shape index (κ2) is 10.8. The molecule has 3 heterocycles. The second-order valence-electron chi connectivity index (χ2n) is 10.2. The summed E-state index contributed by atoms with van der Waals surface area (Å²) in [5.41, 5.74) is 10.0. The fourth-order valence-corrected chi connectivity index (χ4v) is 5.61. The SMILES string of the molecule is Nc1nc(-c2cccc(OCc3ccccc3)c2)cn2c(C3CCC(C(=O)N4CCOCC4)CC3)ncc12. The Bertz CT molecular complexity index is 1410. The van der Waals surface area contributed by atoms with Gasteiger partial charge in [0.15, 0.2) is 0 Å². The summed E-state index contributed by atoms with van der Waals surface area (Å²) in [6.45, 7) is 3.19. The molecule has 1 saturated heterocycles. The second-order valence-corrected chi connectivity index (χ2v) is 10.2. The number of nitrogens with zero attached hydrogens (tertiary/aromatic N) is 4. The van der Waals surface area contributed by atoms with Crippen molar-refractivity contribution in [3.8, 4) is 17.0 Å². The molecule has 0 radical (unpaired) electrons. The van der Waals surface area contributed by atoms with Crippen LogP contribution in [0.4, 0.5) is 5.82 Å². The molecule has 0 bridgehead atoms. The third kappa shape index (κ3) is 5.09. The Labute approximate surface area is 222 Å². The molecule has 8 nitrogen and oxygen atoms in total. The molecule has 0 spiro atoms. The summed E-state index contributed by atoms with van der Waals surface area (Å²) in [6.07, 6.45) is 7.45. The third-order valence-electron chi connectivity index (χ3n) is 7.72. The van der Waals surface area contributed by atoms with E-state index in [9.17, 15) is 4.79 Å². The van der Waals surface area contributed by atoms with Crippen molar-refractivity contribution in [3.63, 3.8) is 0 Å². The van der Waals surface area contributed by atoms with Crippen LogP contribution >= 0.6 is 0 Å². The molecule has 8 heteroatoms. The van der Waals surface area contributed by atoms with Gasteiger partial charge in [0.25, 0.3) is 0 Å². The predicted octanol–water partition coefficient (Wildman–Crippen LogP) is 4.69. The van der Waals surface area contributed by atoms with Gasteiger partial charge in [0.2, 0.25) is 5.91 Å². The predicted molar refractivity (Wildman–Crippen MR) is 146 cm³/mol. The van der Waals surface area contributed by atoms with E-state index in [2.05, 4.69) is 9.38 Å². The fourth-order valence-electron chi connectivity index (χ4n) is 5.61. The number of imidazole rings is 1. The van der Waals surface area contributed by atoms with Crippen molar-refractivity contribution in [2.45, 2.75) is 38.2 Å². The lowest BCUT2D eigenvalue weighted by Gasteiger charge is -2.33. The van der Waals surface area contributed by atoms with Crippen molar-refractivity contribution >= 4 is 17.2 Å². The monoisotopic (exact) mass is 511 g/mol. The van der Waals surface area contributed by atoms with Gasteiger partial charge in [-0.3, -0.25) is 9.20 Å². The fraction of sp³-hybridized carbons (Fsp3) is 0.367. The first-order valence-corrected chi connectivity index (χ1v) is 13.4. The maximum Gasteiger partial charge on any atom is 0.225 e. The van der Waals surface area contributed by atoms with E-state index in [4.69, 9.17) is 20.2 Å². The number of amides is 1. The van der Waals surface area contributed by atoms with Crippen LogP contribution in [0.3, 0.4) is 0 Å². The van der Waals surface area contributed by atoms with E-state index in [0.29, 0.717) is 38.7 Å². The number of nitrogen functional groups attached to an aromatic ring is 1. The highest BCUT2D eigenvalue weighted by Gasteiger charge is 2.32. The first-order chi connectivity index (χ1) is 18.7. The molecular formula is C30H33N5O3. The van der Waals surface area contributed by atoms with Crippen LogP contribution in [0, 0.1) is 5.92 Å². The van der Waals surface area contributed by atoms with Crippen molar-refractivity contribution in [3.05, 3.63) is 78.4 Å². The van der Waals surface area contributed by atoms with Gasteiger partial charge in [0.1, 0.15) is 29.5 Å². The number of carbonyl (C=O) groups is 1. The van der Waals surface area contributed by atoms with Crippen molar-refractivity contribution < 1.29 is 14.3 Å². The zero-order valence-corrected chi connectivity index (χ0v) is 21.5. The van der Waals surface area contributed by atoms with Crippen LogP contribution < -0.4 is 10.5 Å². The largest absolute Gasteiger partial charge is 0.489 e. The van der Waals surface area contributed by atoms with Gasteiger partial charge in [-0.15, -0.1) is 0 Å². The topological polar surface area (TPSA) is 95.0 Å². The summed E-state index contributed by atoms with van der Waals surface area (Å²) < 4.78 is 13.5. The number of nitrogens with two attached hydrogens (primary N) is 1. The molecule has 0 atom stereocenters.